The number of benzene rings is 2. The Hall–Kier alpha value is -3.15. The molecule has 0 aliphatic carbocycles. The van der Waals surface area contributed by atoms with E-state index in [-0.39, 0.29) is 36.7 Å². The lowest BCUT2D eigenvalue weighted by molar-refractivity contribution is -0.146. The fraction of sp³-hybridized carbons (Fsp3) is 0.318. The molecule has 3 amide bonds. The van der Waals surface area contributed by atoms with Crippen LogP contribution in [0.15, 0.2) is 48.5 Å². The summed E-state index contributed by atoms with van der Waals surface area (Å²) in [4.78, 5) is 40.7. The van der Waals surface area contributed by atoms with Gasteiger partial charge in [0, 0.05) is 25.2 Å². The Morgan fingerprint density at radius 2 is 1.82 bits per heavy atom. The molecule has 0 bridgehead atoms. The van der Waals surface area contributed by atoms with Gasteiger partial charge in [-0.05, 0) is 24.1 Å². The van der Waals surface area contributed by atoms with Crippen molar-refractivity contribution in [3.05, 3.63) is 70.8 Å². The molecule has 144 valence electrons. The molecule has 0 radical (unpaired) electrons. The summed E-state index contributed by atoms with van der Waals surface area (Å²) in [5.41, 5.74) is 3.75. The summed E-state index contributed by atoms with van der Waals surface area (Å²) in [6.45, 7) is 3.72. The number of nitrogens with one attached hydrogen (secondary N) is 1. The number of carbonyl (C=O) groups excluding carboxylic acids is 3. The lowest BCUT2D eigenvalue weighted by atomic mass is 10.0. The van der Waals surface area contributed by atoms with Crippen molar-refractivity contribution in [1.29, 1.82) is 0 Å². The van der Waals surface area contributed by atoms with Crippen LogP contribution in [-0.2, 0) is 16.1 Å². The van der Waals surface area contributed by atoms with Crippen molar-refractivity contribution < 1.29 is 14.4 Å². The monoisotopic (exact) mass is 377 g/mol. The molecule has 2 aromatic carbocycles. The molecular formula is C22H23N3O3. The molecule has 1 fully saturated rings. The van der Waals surface area contributed by atoms with Crippen molar-refractivity contribution in [2.45, 2.75) is 25.9 Å². The number of hydrogen-bond donors (Lipinski definition) is 1. The van der Waals surface area contributed by atoms with Gasteiger partial charge in [-0.2, -0.15) is 0 Å². The van der Waals surface area contributed by atoms with Crippen LogP contribution in [0.4, 0.5) is 0 Å². The zero-order chi connectivity index (χ0) is 19.7. The van der Waals surface area contributed by atoms with E-state index < -0.39 is 0 Å². The third kappa shape index (κ3) is 3.63. The predicted molar refractivity (Wildman–Crippen MR) is 104 cm³/mol. The molecule has 1 saturated heterocycles. The first-order valence-electron chi connectivity index (χ1n) is 9.52. The van der Waals surface area contributed by atoms with Crippen molar-refractivity contribution in [2.75, 3.05) is 19.6 Å². The SMILES string of the molecule is Cc1ccc(CN2CCN(C(=O)C[C@H]3NC(=O)c4ccccc43)CC2=O)cc1. The molecule has 4 rings (SSSR count). The second kappa shape index (κ2) is 7.46. The van der Waals surface area contributed by atoms with Crippen molar-refractivity contribution >= 4 is 17.7 Å². The van der Waals surface area contributed by atoms with E-state index in [9.17, 15) is 14.4 Å². The highest BCUT2D eigenvalue weighted by Crippen LogP contribution is 2.28. The van der Waals surface area contributed by atoms with Gasteiger partial charge < -0.3 is 15.1 Å². The second-order valence-corrected chi connectivity index (χ2v) is 7.43. The van der Waals surface area contributed by atoms with Gasteiger partial charge in [0.2, 0.25) is 11.8 Å². The highest BCUT2D eigenvalue weighted by atomic mass is 16.2. The number of hydrogen-bond acceptors (Lipinski definition) is 3. The van der Waals surface area contributed by atoms with Crippen molar-refractivity contribution in [1.82, 2.24) is 15.1 Å². The average Bonchev–Trinajstić information content (AvgIpc) is 3.01. The zero-order valence-corrected chi connectivity index (χ0v) is 15.9. The fourth-order valence-electron chi connectivity index (χ4n) is 3.79. The van der Waals surface area contributed by atoms with E-state index in [1.54, 1.807) is 15.9 Å². The maximum absolute atomic E-state index is 12.7. The van der Waals surface area contributed by atoms with Gasteiger partial charge in [-0.1, -0.05) is 48.0 Å². The molecule has 2 aliphatic heterocycles. The van der Waals surface area contributed by atoms with Crippen LogP contribution in [0.2, 0.25) is 0 Å². The summed E-state index contributed by atoms with van der Waals surface area (Å²) < 4.78 is 0. The summed E-state index contributed by atoms with van der Waals surface area (Å²) in [6.07, 6.45) is 0.175. The number of aryl methyl sites for hydroxylation is 1. The molecule has 0 saturated carbocycles. The minimum atomic E-state index is -0.322. The zero-order valence-electron chi connectivity index (χ0n) is 15.9. The second-order valence-electron chi connectivity index (χ2n) is 7.43. The van der Waals surface area contributed by atoms with Crippen LogP contribution < -0.4 is 5.32 Å². The Labute approximate surface area is 164 Å². The van der Waals surface area contributed by atoms with Gasteiger partial charge in [0.25, 0.3) is 5.91 Å². The van der Waals surface area contributed by atoms with E-state index in [1.165, 1.54) is 5.56 Å². The van der Waals surface area contributed by atoms with Gasteiger partial charge in [-0.25, -0.2) is 0 Å². The van der Waals surface area contributed by atoms with Crippen LogP contribution >= 0.6 is 0 Å². The van der Waals surface area contributed by atoms with Gasteiger partial charge in [-0.3, -0.25) is 14.4 Å². The molecule has 2 aliphatic rings. The molecule has 2 heterocycles. The van der Waals surface area contributed by atoms with E-state index in [0.717, 1.165) is 11.1 Å². The number of carbonyl (C=O) groups is 3. The summed E-state index contributed by atoms with van der Waals surface area (Å²) in [5, 5.41) is 2.86. The van der Waals surface area contributed by atoms with E-state index in [0.29, 0.717) is 25.2 Å². The molecule has 1 atom stereocenters. The van der Waals surface area contributed by atoms with Crippen LogP contribution in [0, 0.1) is 6.92 Å². The summed E-state index contributed by atoms with van der Waals surface area (Å²) in [5.74, 6) is -0.297. The highest BCUT2D eigenvalue weighted by molar-refractivity contribution is 6.00. The third-order valence-corrected chi connectivity index (χ3v) is 5.43. The van der Waals surface area contributed by atoms with Crippen molar-refractivity contribution in [2.24, 2.45) is 0 Å². The normalized spacial score (nSPS) is 18.8. The maximum atomic E-state index is 12.7. The average molecular weight is 377 g/mol. The Bertz CT molecular complexity index is 923. The third-order valence-electron chi connectivity index (χ3n) is 5.43. The smallest absolute Gasteiger partial charge is 0.252 e. The van der Waals surface area contributed by atoms with E-state index >= 15 is 0 Å². The topological polar surface area (TPSA) is 69.7 Å². The van der Waals surface area contributed by atoms with Gasteiger partial charge in [0.1, 0.15) is 0 Å². The Morgan fingerprint density at radius 3 is 2.57 bits per heavy atom. The number of rotatable bonds is 4. The standard InChI is InChI=1S/C22H23N3O3/c1-15-6-8-16(9-7-15)13-24-10-11-25(14-21(24)27)20(26)12-19-17-4-2-3-5-18(17)22(28)23-19/h2-9,19H,10-14H2,1H3,(H,23,28)/t19-/m1/s1. The molecule has 6 heteroatoms. The predicted octanol–water partition coefficient (Wildman–Crippen LogP) is 2.04. The molecular weight excluding hydrogens is 354 g/mol. The van der Waals surface area contributed by atoms with Crippen LogP contribution in [0.25, 0.3) is 0 Å². The minimum absolute atomic E-state index is 0.0453. The molecule has 28 heavy (non-hydrogen) atoms. The lowest BCUT2D eigenvalue weighted by Gasteiger charge is -2.35. The quantitative estimate of drug-likeness (QED) is 0.887. The molecule has 6 nitrogen and oxygen atoms in total. The number of piperazine rings is 1. The molecule has 0 spiro atoms. The van der Waals surface area contributed by atoms with Crippen LogP contribution in [0.5, 0.6) is 0 Å². The first kappa shape index (κ1) is 18.2. The molecule has 2 aromatic rings. The van der Waals surface area contributed by atoms with Crippen LogP contribution in [0.3, 0.4) is 0 Å². The van der Waals surface area contributed by atoms with Crippen molar-refractivity contribution in [3.8, 4) is 0 Å². The lowest BCUT2D eigenvalue weighted by Crippen LogP contribution is -2.52. The number of nitrogens with zero attached hydrogens (tertiary/aromatic N) is 2. The van der Waals surface area contributed by atoms with Crippen molar-refractivity contribution in [3.63, 3.8) is 0 Å². The van der Waals surface area contributed by atoms with E-state index in [2.05, 4.69) is 5.32 Å². The fourth-order valence-corrected chi connectivity index (χ4v) is 3.79. The number of amides is 3. The van der Waals surface area contributed by atoms with Gasteiger partial charge in [0.15, 0.2) is 0 Å². The Morgan fingerprint density at radius 1 is 1.07 bits per heavy atom. The van der Waals surface area contributed by atoms with E-state index in [1.807, 2.05) is 49.4 Å². The summed E-state index contributed by atoms with van der Waals surface area (Å²) in [6, 6.07) is 15.1. The number of fused-ring (bicyclic) bond motifs is 1. The first-order valence-corrected chi connectivity index (χ1v) is 9.52. The van der Waals surface area contributed by atoms with E-state index in [4.69, 9.17) is 0 Å². The highest BCUT2D eigenvalue weighted by Gasteiger charge is 2.33. The van der Waals surface area contributed by atoms with Crippen LogP contribution in [0.1, 0.15) is 39.5 Å². The summed E-state index contributed by atoms with van der Waals surface area (Å²) >= 11 is 0. The van der Waals surface area contributed by atoms with Gasteiger partial charge >= 0.3 is 0 Å². The molecule has 0 unspecified atom stereocenters. The first-order chi connectivity index (χ1) is 13.5. The Kier molecular flexibility index (Phi) is 4.86. The largest absolute Gasteiger partial charge is 0.345 e. The molecule has 0 aromatic heterocycles. The van der Waals surface area contributed by atoms with Crippen LogP contribution in [-0.4, -0.2) is 47.2 Å². The van der Waals surface area contributed by atoms with Gasteiger partial charge in [-0.15, -0.1) is 0 Å². The Balaban J connectivity index is 1.35. The molecule has 1 N–H and O–H groups in total. The summed E-state index contributed by atoms with van der Waals surface area (Å²) in [7, 11) is 0. The minimum Gasteiger partial charge on any atom is -0.345 e. The van der Waals surface area contributed by atoms with Gasteiger partial charge in [0.05, 0.1) is 19.0 Å². The maximum Gasteiger partial charge on any atom is 0.252 e.